The molecule has 54 heavy (non-hydrogen) atoms. The van der Waals surface area contributed by atoms with E-state index in [9.17, 15) is 29.7 Å². The third-order valence-electron chi connectivity index (χ3n) is 11.1. The number of ether oxygens (including phenoxy) is 1. The Labute approximate surface area is 329 Å². The van der Waals surface area contributed by atoms with Gasteiger partial charge in [-0.25, -0.2) is 0 Å². The number of nitrogens with zero attached hydrogens (tertiary/aromatic N) is 1. The fourth-order valence-electron chi connectivity index (χ4n) is 7.53. The first-order chi connectivity index (χ1) is 26.2. The van der Waals surface area contributed by atoms with Crippen molar-refractivity contribution in [1.29, 1.82) is 0 Å². The number of hydrogen-bond donors (Lipinski definition) is 6. The zero-order chi connectivity index (χ0) is 39.8. The second-order valence-corrected chi connectivity index (χ2v) is 16.1. The molecule has 11 nitrogen and oxygen atoms in total. The summed E-state index contributed by atoms with van der Waals surface area (Å²) in [6.45, 7) is 4.29. The highest BCUT2D eigenvalue weighted by Crippen LogP contribution is 2.26. The number of primary amides is 1. The second-order valence-electron chi connectivity index (χ2n) is 16.1. The summed E-state index contributed by atoms with van der Waals surface area (Å²) in [7, 11) is 0. The van der Waals surface area contributed by atoms with E-state index >= 15 is 0 Å². The number of nitrogens with two attached hydrogens (primary N) is 2. The summed E-state index contributed by atoms with van der Waals surface area (Å²) < 4.78 is 6.09. The van der Waals surface area contributed by atoms with Gasteiger partial charge in [-0.3, -0.25) is 14.4 Å². The minimum atomic E-state index is -1.52. The molecule has 0 aliphatic carbocycles. The van der Waals surface area contributed by atoms with Gasteiger partial charge >= 0.3 is 0 Å². The van der Waals surface area contributed by atoms with Crippen molar-refractivity contribution in [3.63, 3.8) is 0 Å². The summed E-state index contributed by atoms with van der Waals surface area (Å²) in [6.07, 6.45) is 27.6. The van der Waals surface area contributed by atoms with E-state index in [1.54, 1.807) is 4.90 Å². The largest absolute Gasteiger partial charge is 0.394 e. The van der Waals surface area contributed by atoms with Gasteiger partial charge in [-0.05, 0) is 19.3 Å². The van der Waals surface area contributed by atoms with E-state index in [2.05, 4.69) is 19.2 Å². The van der Waals surface area contributed by atoms with E-state index in [1.807, 2.05) is 0 Å². The Morgan fingerprint density at radius 2 is 1.04 bits per heavy atom. The van der Waals surface area contributed by atoms with Crippen LogP contribution >= 0.6 is 0 Å². The molecule has 0 unspecified atom stereocenters. The van der Waals surface area contributed by atoms with Crippen molar-refractivity contribution < 1.29 is 34.4 Å². The number of carbonyl (C=O) groups is 3. The van der Waals surface area contributed by atoms with Crippen LogP contribution in [0.15, 0.2) is 0 Å². The molecule has 1 aliphatic heterocycles. The van der Waals surface area contributed by atoms with Crippen LogP contribution in [0.1, 0.15) is 206 Å². The number of aliphatic hydroxyl groups is 3. The van der Waals surface area contributed by atoms with E-state index < -0.39 is 55.0 Å². The third kappa shape index (κ3) is 23.3. The van der Waals surface area contributed by atoms with Crippen LogP contribution < -0.4 is 16.8 Å². The highest BCUT2D eigenvalue weighted by atomic mass is 16.5. The second kappa shape index (κ2) is 33.4. The van der Waals surface area contributed by atoms with Crippen molar-refractivity contribution in [2.45, 2.75) is 243 Å². The van der Waals surface area contributed by atoms with Crippen molar-refractivity contribution in [2.24, 2.45) is 11.5 Å². The van der Waals surface area contributed by atoms with Crippen molar-refractivity contribution in [3.05, 3.63) is 0 Å². The average Bonchev–Trinajstić information content (AvgIpc) is 3.16. The first kappa shape index (κ1) is 50.2. The number of unbranched alkanes of at least 4 members (excludes halogenated alkanes) is 25. The van der Waals surface area contributed by atoms with Gasteiger partial charge in [0.05, 0.1) is 12.6 Å². The molecular weight excluding hydrogens is 684 g/mol. The molecule has 1 saturated heterocycles. The van der Waals surface area contributed by atoms with Crippen LogP contribution in [0.5, 0.6) is 0 Å². The summed E-state index contributed by atoms with van der Waals surface area (Å²) in [5, 5.41) is 34.6. The van der Waals surface area contributed by atoms with Crippen LogP contribution in [0.2, 0.25) is 0 Å². The normalized spacial score (nSPS) is 20.5. The molecule has 0 saturated carbocycles. The van der Waals surface area contributed by atoms with Crippen LogP contribution in [-0.4, -0.2) is 87.7 Å². The quantitative estimate of drug-likeness (QED) is 0.0358. The number of nitrogens with one attached hydrogen (secondary N) is 1. The molecule has 0 aromatic heterocycles. The van der Waals surface area contributed by atoms with Crippen molar-refractivity contribution >= 4 is 17.7 Å². The highest BCUT2D eigenvalue weighted by Gasteiger charge is 2.48. The molecule has 0 spiro atoms. The lowest BCUT2D eigenvalue weighted by Crippen LogP contribution is -2.69. The predicted molar refractivity (Wildman–Crippen MR) is 218 cm³/mol. The van der Waals surface area contributed by atoms with Gasteiger partial charge < -0.3 is 41.7 Å². The Balaban J connectivity index is 2.72. The molecule has 0 bridgehead atoms. The average molecular weight is 769 g/mol. The number of amides is 3. The lowest BCUT2D eigenvalue weighted by molar-refractivity contribution is -0.231. The maximum atomic E-state index is 13.9. The molecule has 8 N–H and O–H groups in total. The summed E-state index contributed by atoms with van der Waals surface area (Å²) >= 11 is 0. The Kier molecular flexibility index (Phi) is 31.0. The van der Waals surface area contributed by atoms with E-state index in [0.717, 1.165) is 51.4 Å². The molecule has 6 atom stereocenters. The van der Waals surface area contributed by atoms with Gasteiger partial charge in [0, 0.05) is 19.4 Å². The maximum absolute atomic E-state index is 13.9. The molecule has 0 aromatic rings. The number of aliphatic hydroxyl groups excluding tert-OH is 3. The van der Waals surface area contributed by atoms with E-state index in [4.69, 9.17) is 16.2 Å². The molecule has 1 rings (SSSR count). The molecule has 3 amide bonds. The van der Waals surface area contributed by atoms with Crippen LogP contribution in [0.25, 0.3) is 0 Å². The maximum Gasteiger partial charge on any atom is 0.237 e. The molecule has 1 fully saturated rings. The molecule has 1 aliphatic rings. The van der Waals surface area contributed by atoms with Gasteiger partial charge in [0.15, 0.2) is 6.23 Å². The van der Waals surface area contributed by atoms with Gasteiger partial charge in [-0.1, -0.05) is 174 Å². The molecule has 0 aromatic carbocycles. The van der Waals surface area contributed by atoms with Gasteiger partial charge in [-0.15, -0.1) is 0 Å². The first-order valence-electron chi connectivity index (χ1n) is 22.4. The Bertz CT molecular complexity index is 941. The first-order valence-corrected chi connectivity index (χ1v) is 22.4. The number of hydrogen-bond acceptors (Lipinski definition) is 8. The molecule has 1 heterocycles. The molecule has 0 radical (unpaired) electrons. The smallest absolute Gasteiger partial charge is 0.237 e. The summed E-state index contributed by atoms with van der Waals surface area (Å²) in [4.78, 5) is 39.8. The Morgan fingerprint density at radius 3 is 1.44 bits per heavy atom. The Morgan fingerprint density at radius 1 is 0.630 bits per heavy atom. The number of carbonyl (C=O) groups excluding carboxylic acids is 3. The lowest BCUT2D eigenvalue weighted by atomic mass is 9.94. The number of rotatable bonds is 36. The predicted octanol–water partition coefficient (Wildman–Crippen LogP) is 7.29. The molecule has 318 valence electrons. The zero-order valence-corrected chi connectivity index (χ0v) is 34.7. The monoisotopic (exact) mass is 769 g/mol. The fourth-order valence-corrected chi connectivity index (χ4v) is 7.53. The van der Waals surface area contributed by atoms with E-state index in [0.29, 0.717) is 13.0 Å². The van der Waals surface area contributed by atoms with Gasteiger partial charge in [-0.2, -0.15) is 0 Å². The van der Waals surface area contributed by atoms with E-state index in [1.165, 1.54) is 122 Å². The van der Waals surface area contributed by atoms with Crippen LogP contribution in [-0.2, 0) is 19.1 Å². The topological polar surface area (TPSA) is 188 Å². The van der Waals surface area contributed by atoms with Gasteiger partial charge in [0.1, 0.15) is 24.4 Å². The summed E-state index contributed by atoms with van der Waals surface area (Å²) in [6, 6.07) is -2.27. The third-order valence-corrected chi connectivity index (χ3v) is 11.1. The van der Waals surface area contributed by atoms with Crippen molar-refractivity contribution in [2.75, 3.05) is 13.2 Å². The van der Waals surface area contributed by atoms with Gasteiger partial charge in [0.2, 0.25) is 17.7 Å². The molecule has 11 heteroatoms. The lowest BCUT2D eigenvalue weighted by Gasteiger charge is -2.47. The minimum absolute atomic E-state index is 0.0119. The van der Waals surface area contributed by atoms with E-state index in [-0.39, 0.29) is 18.7 Å². The fraction of sp³-hybridized carbons (Fsp3) is 0.930. The molecular formula is C43H84N4O7. The minimum Gasteiger partial charge on any atom is -0.394 e. The zero-order valence-electron chi connectivity index (χ0n) is 34.7. The van der Waals surface area contributed by atoms with Crippen LogP contribution in [0.4, 0.5) is 0 Å². The summed E-state index contributed by atoms with van der Waals surface area (Å²) in [5.41, 5.74) is 11.3. The van der Waals surface area contributed by atoms with Crippen molar-refractivity contribution in [1.82, 2.24) is 10.2 Å². The van der Waals surface area contributed by atoms with Crippen LogP contribution in [0.3, 0.4) is 0 Å². The summed E-state index contributed by atoms with van der Waals surface area (Å²) in [5.74, 6) is -1.38. The Hall–Kier alpha value is -1.79. The van der Waals surface area contributed by atoms with Gasteiger partial charge in [0.25, 0.3) is 0 Å². The SMILES string of the molecule is CCCCCCCCCCCCCCCCCCN(C(=O)CCCCCCCCCCCCC)[C@@H]1O[C@H](CO)[C@@H](O)[C@H](O)[C@H]1NC(=O)[C@@H](N)CCC(N)=O. The standard InChI is InChI=1S/C43H84N4O7/c1-3-5-7-9-11-13-15-16-17-18-19-21-23-25-27-29-33-47(38(50)30-28-26-24-22-20-14-12-10-8-6-4-2)43-39(41(52)40(51)36(34-48)54-43)46-42(53)35(44)31-32-37(45)49/h35-36,39-41,43,48,51-52H,3-34,44H2,1-2H3,(H2,45,49)(H,46,53)/t35-,36+,39+,40+,41+,43+/m0/s1. The van der Waals surface area contributed by atoms with Crippen LogP contribution in [0, 0.1) is 0 Å². The highest BCUT2D eigenvalue weighted by molar-refractivity contribution is 5.83. The van der Waals surface area contributed by atoms with Crippen molar-refractivity contribution in [3.8, 4) is 0 Å².